The summed E-state index contributed by atoms with van der Waals surface area (Å²) in [4.78, 5) is 11.9. The number of rotatable bonds is 7. The highest BCUT2D eigenvalue weighted by Crippen LogP contribution is 2.58. The predicted octanol–water partition coefficient (Wildman–Crippen LogP) is 4.09. The number of carbonyl (C=O) groups is 1. The van der Waals surface area contributed by atoms with Crippen molar-refractivity contribution in [1.82, 2.24) is 9.78 Å². The van der Waals surface area contributed by atoms with E-state index in [0.717, 1.165) is 57.1 Å². The average Bonchev–Trinajstić information content (AvgIpc) is 3.33. The summed E-state index contributed by atoms with van der Waals surface area (Å²) in [5, 5.41) is 35.2. The monoisotopic (exact) mass is 503 g/mol. The Kier molecular flexibility index (Phi) is 8.89. The zero-order valence-corrected chi connectivity index (χ0v) is 22.2. The Balaban J connectivity index is 1.49. The number of nitrogens with zero attached hydrogens (tertiary/aromatic N) is 2. The lowest BCUT2D eigenvalue weighted by molar-refractivity contribution is -0.106. The molecule has 0 amide bonds. The van der Waals surface area contributed by atoms with E-state index in [9.17, 15) is 20.4 Å². The summed E-state index contributed by atoms with van der Waals surface area (Å²) >= 11 is 0. The minimum absolute atomic E-state index is 0.0563. The lowest BCUT2D eigenvalue weighted by atomic mass is 9.48. The Hall–Kier alpha value is -1.77. The van der Waals surface area contributed by atoms with Crippen molar-refractivity contribution in [1.29, 1.82) is 5.41 Å². The summed E-state index contributed by atoms with van der Waals surface area (Å²) in [5.41, 5.74) is 1.01. The smallest absolute Gasteiger partial charge is 0.358 e. The highest BCUT2D eigenvalue weighted by Gasteiger charge is 2.55. The van der Waals surface area contributed by atoms with Gasteiger partial charge in [0.15, 0.2) is 5.69 Å². The van der Waals surface area contributed by atoms with Crippen molar-refractivity contribution in [2.75, 3.05) is 20.3 Å². The van der Waals surface area contributed by atoms with Gasteiger partial charge >= 0.3 is 5.97 Å². The number of esters is 1. The van der Waals surface area contributed by atoms with Gasteiger partial charge in [-0.25, -0.2) is 4.79 Å². The van der Waals surface area contributed by atoms with Crippen LogP contribution >= 0.6 is 0 Å². The second-order valence-electron chi connectivity index (χ2n) is 11.6. The van der Waals surface area contributed by atoms with Crippen molar-refractivity contribution >= 4 is 11.7 Å². The van der Waals surface area contributed by atoms with Crippen LogP contribution in [0.3, 0.4) is 0 Å². The van der Waals surface area contributed by atoms with Gasteiger partial charge < -0.3 is 25.1 Å². The highest BCUT2D eigenvalue weighted by molar-refractivity contribution is 5.87. The van der Waals surface area contributed by atoms with E-state index in [1.165, 1.54) is 0 Å². The molecule has 1 heterocycles. The summed E-state index contributed by atoms with van der Waals surface area (Å²) in [6.07, 6.45) is 9.06. The molecule has 0 spiro atoms. The van der Waals surface area contributed by atoms with E-state index in [-0.39, 0.29) is 29.0 Å². The first-order valence-corrected chi connectivity index (χ1v) is 13.9. The molecule has 3 aliphatic carbocycles. The largest absolute Gasteiger partial charge is 0.461 e. The highest BCUT2D eigenvalue weighted by atomic mass is 16.5. The second-order valence-corrected chi connectivity index (χ2v) is 11.6. The number of hydrogen-bond acceptors (Lipinski definition) is 7. The number of nitrogens with one attached hydrogen (secondary N) is 1. The molecule has 8 heteroatoms. The number of aliphatic hydroxyl groups is 2. The van der Waals surface area contributed by atoms with Gasteiger partial charge in [-0.2, -0.15) is 5.10 Å². The van der Waals surface area contributed by atoms with Gasteiger partial charge in [0.25, 0.3) is 0 Å². The molecule has 3 aliphatic rings. The standard InChI is InChI=1S/C28H45N3O5/c1-4-36-27(34)24-12-14-31(30-24)16-25(33)19-6-5-18(2)22-9-8-20-15-21(32)11-13-28(20,17-35-3)26(22)23(29)10-7-19/h12,14,18-22,25-26,29,32-33H,4-11,13,15-17H2,1-3H3/t18-,19-,20-,21+,22-,25?,26?,28+/m0/s1. The van der Waals surface area contributed by atoms with E-state index in [1.807, 2.05) is 0 Å². The SMILES string of the molecule is CCOC(=O)c1ccn(CC(O)[C@@H]2CCC(=N)C3[C@@H](CC[C@H]4C[C@H](O)CC[C@]34COC)[C@@H](C)CC2)n1. The van der Waals surface area contributed by atoms with E-state index in [4.69, 9.17) is 9.47 Å². The maximum Gasteiger partial charge on any atom is 0.358 e. The second kappa shape index (κ2) is 11.7. The van der Waals surface area contributed by atoms with Gasteiger partial charge in [-0.05, 0) is 88.0 Å². The van der Waals surface area contributed by atoms with Crippen molar-refractivity contribution in [2.24, 2.45) is 35.0 Å². The molecular formula is C28H45N3O5. The molecule has 3 fully saturated rings. The minimum Gasteiger partial charge on any atom is -0.461 e. The first-order valence-electron chi connectivity index (χ1n) is 13.9. The van der Waals surface area contributed by atoms with Crippen LogP contribution in [-0.4, -0.2) is 64.2 Å². The molecule has 202 valence electrons. The minimum atomic E-state index is -0.592. The third kappa shape index (κ3) is 5.55. The molecule has 0 radical (unpaired) electrons. The summed E-state index contributed by atoms with van der Waals surface area (Å²) in [5.74, 6) is 1.14. The van der Waals surface area contributed by atoms with E-state index in [2.05, 4.69) is 12.0 Å². The Morgan fingerprint density at radius 3 is 2.83 bits per heavy atom. The molecule has 0 aromatic carbocycles. The Morgan fingerprint density at radius 2 is 2.08 bits per heavy atom. The van der Waals surface area contributed by atoms with Crippen LogP contribution in [0.1, 0.15) is 82.1 Å². The number of hydrogen-bond donors (Lipinski definition) is 3. The number of aromatic nitrogens is 2. The summed E-state index contributed by atoms with van der Waals surface area (Å²) in [6, 6.07) is 1.63. The van der Waals surface area contributed by atoms with Crippen LogP contribution in [0, 0.1) is 40.4 Å². The van der Waals surface area contributed by atoms with Crippen molar-refractivity contribution in [3.05, 3.63) is 18.0 Å². The van der Waals surface area contributed by atoms with Gasteiger partial charge in [0, 0.05) is 30.4 Å². The normalized spacial score (nSPS) is 36.1. The van der Waals surface area contributed by atoms with E-state index >= 15 is 0 Å². The van der Waals surface area contributed by atoms with Crippen molar-refractivity contribution < 1.29 is 24.5 Å². The summed E-state index contributed by atoms with van der Waals surface area (Å²) in [7, 11) is 1.78. The molecule has 3 N–H and O–H groups in total. The summed E-state index contributed by atoms with van der Waals surface area (Å²) in [6.45, 7) is 5.38. The number of methoxy groups -OCH3 is 1. The van der Waals surface area contributed by atoms with Crippen LogP contribution < -0.4 is 0 Å². The molecule has 36 heavy (non-hydrogen) atoms. The molecular weight excluding hydrogens is 458 g/mol. The lowest BCUT2D eigenvalue weighted by Crippen LogP contribution is -2.55. The Morgan fingerprint density at radius 1 is 1.28 bits per heavy atom. The quantitative estimate of drug-likeness (QED) is 0.483. The fourth-order valence-electron chi connectivity index (χ4n) is 7.72. The van der Waals surface area contributed by atoms with E-state index in [0.29, 0.717) is 43.9 Å². The molecule has 3 saturated carbocycles. The van der Waals surface area contributed by atoms with Crippen molar-refractivity contribution in [3.8, 4) is 0 Å². The molecule has 2 unspecified atom stereocenters. The molecule has 0 bridgehead atoms. The van der Waals surface area contributed by atoms with Gasteiger partial charge in [-0.1, -0.05) is 13.3 Å². The molecule has 8 atom stereocenters. The zero-order chi connectivity index (χ0) is 25.9. The van der Waals surface area contributed by atoms with Crippen molar-refractivity contribution in [2.45, 2.75) is 90.4 Å². The number of aliphatic hydroxyl groups excluding tert-OH is 2. The third-order valence-electron chi connectivity index (χ3n) is 9.55. The average molecular weight is 504 g/mol. The first-order chi connectivity index (χ1) is 17.3. The van der Waals surface area contributed by atoms with Gasteiger partial charge in [-0.3, -0.25) is 4.68 Å². The maximum atomic E-state index is 11.9. The van der Waals surface area contributed by atoms with Crippen LogP contribution in [-0.2, 0) is 16.0 Å². The fourth-order valence-corrected chi connectivity index (χ4v) is 7.72. The molecule has 4 rings (SSSR count). The number of carbonyl (C=O) groups excluding carboxylic acids is 1. The molecule has 1 aromatic heterocycles. The molecule has 1 aromatic rings. The van der Waals surface area contributed by atoms with Gasteiger partial charge in [0.05, 0.1) is 32.0 Å². The van der Waals surface area contributed by atoms with Gasteiger partial charge in [0.2, 0.25) is 0 Å². The van der Waals surface area contributed by atoms with Gasteiger partial charge in [0.1, 0.15) is 0 Å². The van der Waals surface area contributed by atoms with E-state index in [1.54, 1.807) is 31.0 Å². The Labute approximate surface area is 215 Å². The van der Waals surface area contributed by atoms with Crippen LogP contribution in [0.25, 0.3) is 0 Å². The number of fused-ring (bicyclic) bond motifs is 3. The van der Waals surface area contributed by atoms with Crippen LogP contribution in [0.2, 0.25) is 0 Å². The maximum absolute atomic E-state index is 11.9. The number of ether oxygens (including phenoxy) is 2. The molecule has 0 saturated heterocycles. The molecule has 8 nitrogen and oxygen atoms in total. The fraction of sp³-hybridized carbons (Fsp3) is 0.821. The lowest BCUT2D eigenvalue weighted by Gasteiger charge is -2.57. The van der Waals surface area contributed by atoms with Crippen LogP contribution in [0.5, 0.6) is 0 Å². The van der Waals surface area contributed by atoms with Crippen LogP contribution in [0.15, 0.2) is 12.3 Å². The zero-order valence-electron chi connectivity index (χ0n) is 22.2. The van der Waals surface area contributed by atoms with Gasteiger partial charge in [-0.15, -0.1) is 0 Å². The van der Waals surface area contributed by atoms with E-state index < -0.39 is 12.1 Å². The molecule has 0 aliphatic heterocycles. The topological polar surface area (TPSA) is 118 Å². The van der Waals surface area contributed by atoms with Crippen molar-refractivity contribution in [3.63, 3.8) is 0 Å². The van der Waals surface area contributed by atoms with Crippen LogP contribution in [0.4, 0.5) is 0 Å². The predicted molar refractivity (Wildman–Crippen MR) is 137 cm³/mol. The Bertz CT molecular complexity index is 904. The summed E-state index contributed by atoms with van der Waals surface area (Å²) < 4.78 is 12.5. The first kappa shape index (κ1) is 27.3. The third-order valence-corrected chi connectivity index (χ3v) is 9.55.